The number of nitrogens with one attached hydrogen (secondary N) is 1. The number of tetrazole rings is 1. The van der Waals surface area contributed by atoms with Gasteiger partial charge in [-0.2, -0.15) is 5.21 Å². The molecule has 0 amide bonds. The number of benzene rings is 1. The van der Waals surface area contributed by atoms with Crippen LogP contribution in [0.4, 0.5) is 5.69 Å². The van der Waals surface area contributed by atoms with Crippen LogP contribution < -0.4 is 4.90 Å². The van der Waals surface area contributed by atoms with E-state index < -0.39 is 5.78 Å². The summed E-state index contributed by atoms with van der Waals surface area (Å²) in [5.74, 6) is -0.780. The van der Waals surface area contributed by atoms with Gasteiger partial charge in [0.15, 0.2) is 5.78 Å². The van der Waals surface area contributed by atoms with E-state index in [0.717, 1.165) is 18.8 Å². The Morgan fingerprint density at radius 2 is 2.05 bits per heavy atom. The number of aromatic amines is 1. The minimum absolute atomic E-state index is 0.0716. The molecule has 1 N–H and O–H groups in total. The van der Waals surface area contributed by atoms with Gasteiger partial charge in [-0.15, -0.1) is 10.2 Å². The number of carbonyl (C=O) groups excluding carboxylic acids is 2. The second-order valence-corrected chi connectivity index (χ2v) is 4.91. The van der Waals surface area contributed by atoms with Crippen molar-refractivity contribution in [2.24, 2.45) is 0 Å². The van der Waals surface area contributed by atoms with Crippen LogP contribution in [0, 0.1) is 0 Å². The summed E-state index contributed by atoms with van der Waals surface area (Å²) in [5.41, 5.74) is 1.46. The zero-order chi connectivity index (χ0) is 15.4. The molecule has 114 valence electrons. The second-order valence-electron chi connectivity index (χ2n) is 4.91. The van der Waals surface area contributed by atoms with Gasteiger partial charge in [-0.3, -0.25) is 9.59 Å². The second kappa shape index (κ2) is 6.44. The van der Waals surface area contributed by atoms with E-state index in [4.69, 9.17) is 4.74 Å². The number of hydrogen-bond acceptors (Lipinski definition) is 7. The quantitative estimate of drug-likeness (QED) is 0.633. The molecular formula is C14H15N5O3. The molecule has 1 saturated heterocycles. The molecule has 1 aromatic carbocycles. The van der Waals surface area contributed by atoms with Gasteiger partial charge in [0.05, 0.1) is 19.6 Å². The number of H-pyrrole nitrogens is 1. The van der Waals surface area contributed by atoms with Crippen molar-refractivity contribution in [3.63, 3.8) is 0 Å². The highest BCUT2D eigenvalue weighted by molar-refractivity contribution is 6.12. The molecule has 1 aliphatic rings. The zero-order valence-electron chi connectivity index (χ0n) is 11.9. The first kappa shape index (κ1) is 14.3. The Kier molecular flexibility index (Phi) is 4.19. The summed E-state index contributed by atoms with van der Waals surface area (Å²) in [5, 5.41) is 12.7. The largest absolute Gasteiger partial charge is 0.378 e. The Labute approximate surface area is 126 Å². The predicted octanol–water partition coefficient (Wildman–Crippen LogP) is 0.492. The summed E-state index contributed by atoms with van der Waals surface area (Å²) < 4.78 is 5.32. The monoisotopic (exact) mass is 301 g/mol. The number of aromatic nitrogens is 4. The predicted molar refractivity (Wildman–Crippen MR) is 76.9 cm³/mol. The Morgan fingerprint density at radius 1 is 1.23 bits per heavy atom. The lowest BCUT2D eigenvalue weighted by Gasteiger charge is -2.29. The molecule has 0 spiro atoms. The van der Waals surface area contributed by atoms with Crippen LogP contribution in [0.25, 0.3) is 0 Å². The number of ether oxygens (including phenoxy) is 1. The van der Waals surface area contributed by atoms with Crippen molar-refractivity contribution >= 4 is 17.3 Å². The number of Topliss-reactive ketones (excluding diaryl/α,β-unsaturated/α-hetero) is 2. The minimum Gasteiger partial charge on any atom is -0.378 e. The fourth-order valence-corrected chi connectivity index (χ4v) is 2.30. The summed E-state index contributed by atoms with van der Waals surface area (Å²) in [6.45, 7) is 2.93. The Balaban J connectivity index is 1.71. The third kappa shape index (κ3) is 3.17. The maximum absolute atomic E-state index is 12.2. The number of ketones is 2. The number of hydrogen-bond donors (Lipinski definition) is 1. The van der Waals surface area contributed by atoms with Crippen molar-refractivity contribution in [1.82, 2.24) is 20.6 Å². The molecule has 2 aromatic rings. The van der Waals surface area contributed by atoms with Crippen LogP contribution in [0.15, 0.2) is 24.3 Å². The standard InChI is InChI=1S/C14H15N5O3/c20-12(9-13(21)14-15-17-18-16-14)10-2-1-3-11(8-10)19-4-6-22-7-5-19/h1-3,8H,4-7,9H2,(H,15,16,17,18). The normalized spacial score (nSPS) is 14.8. The van der Waals surface area contributed by atoms with Crippen molar-refractivity contribution in [1.29, 1.82) is 0 Å². The molecule has 1 aromatic heterocycles. The summed E-state index contributed by atoms with van der Waals surface area (Å²) in [6.07, 6.45) is -0.272. The maximum atomic E-state index is 12.2. The minimum atomic E-state index is -0.449. The van der Waals surface area contributed by atoms with Crippen molar-refractivity contribution in [2.45, 2.75) is 6.42 Å². The molecule has 8 nitrogen and oxygen atoms in total. The van der Waals surface area contributed by atoms with Gasteiger partial charge in [0, 0.05) is 24.3 Å². The van der Waals surface area contributed by atoms with Gasteiger partial charge in [0.1, 0.15) is 0 Å². The van der Waals surface area contributed by atoms with Gasteiger partial charge in [0.2, 0.25) is 11.6 Å². The molecular weight excluding hydrogens is 286 g/mol. The van der Waals surface area contributed by atoms with E-state index in [9.17, 15) is 9.59 Å². The zero-order valence-corrected chi connectivity index (χ0v) is 11.9. The Morgan fingerprint density at radius 3 is 2.77 bits per heavy atom. The molecule has 0 aliphatic carbocycles. The Bertz CT molecular complexity index is 665. The molecule has 1 fully saturated rings. The lowest BCUT2D eigenvalue weighted by molar-refractivity contribution is 0.0888. The van der Waals surface area contributed by atoms with E-state index in [-0.39, 0.29) is 18.0 Å². The number of nitrogens with zero attached hydrogens (tertiary/aromatic N) is 4. The molecule has 0 atom stereocenters. The lowest BCUT2D eigenvalue weighted by Crippen LogP contribution is -2.36. The number of morpholine rings is 1. The van der Waals surface area contributed by atoms with Crippen LogP contribution in [0.2, 0.25) is 0 Å². The molecule has 8 heteroatoms. The number of carbonyl (C=O) groups is 2. The summed E-state index contributed by atoms with van der Waals surface area (Å²) in [7, 11) is 0. The lowest BCUT2D eigenvalue weighted by atomic mass is 10.0. The average molecular weight is 301 g/mol. The Hall–Kier alpha value is -2.61. The maximum Gasteiger partial charge on any atom is 0.240 e. The van der Waals surface area contributed by atoms with Gasteiger partial charge >= 0.3 is 0 Å². The number of anilines is 1. The fourth-order valence-electron chi connectivity index (χ4n) is 2.30. The molecule has 0 saturated carbocycles. The van der Waals surface area contributed by atoms with E-state index in [2.05, 4.69) is 25.5 Å². The molecule has 2 heterocycles. The molecule has 0 radical (unpaired) electrons. The van der Waals surface area contributed by atoms with Crippen LogP contribution in [-0.4, -0.2) is 58.5 Å². The third-order valence-corrected chi connectivity index (χ3v) is 3.46. The van der Waals surface area contributed by atoms with Crippen LogP contribution in [-0.2, 0) is 4.74 Å². The average Bonchev–Trinajstić information content (AvgIpc) is 3.10. The van der Waals surface area contributed by atoms with Gasteiger partial charge in [-0.1, -0.05) is 12.1 Å². The van der Waals surface area contributed by atoms with Crippen molar-refractivity contribution in [3.05, 3.63) is 35.7 Å². The highest BCUT2D eigenvalue weighted by Gasteiger charge is 2.18. The smallest absolute Gasteiger partial charge is 0.240 e. The number of rotatable bonds is 5. The molecule has 22 heavy (non-hydrogen) atoms. The van der Waals surface area contributed by atoms with E-state index >= 15 is 0 Å². The summed E-state index contributed by atoms with van der Waals surface area (Å²) in [4.78, 5) is 26.2. The summed E-state index contributed by atoms with van der Waals surface area (Å²) >= 11 is 0. The van der Waals surface area contributed by atoms with E-state index in [1.807, 2.05) is 12.1 Å². The first-order valence-corrected chi connectivity index (χ1v) is 6.96. The fraction of sp³-hybridized carbons (Fsp3) is 0.357. The van der Waals surface area contributed by atoms with Crippen molar-refractivity contribution < 1.29 is 14.3 Å². The van der Waals surface area contributed by atoms with E-state index in [1.54, 1.807) is 12.1 Å². The highest BCUT2D eigenvalue weighted by Crippen LogP contribution is 2.18. The topological polar surface area (TPSA) is 101 Å². The van der Waals surface area contributed by atoms with Crippen LogP contribution >= 0.6 is 0 Å². The van der Waals surface area contributed by atoms with Crippen molar-refractivity contribution in [2.75, 3.05) is 31.2 Å². The van der Waals surface area contributed by atoms with Gasteiger partial charge in [-0.05, 0) is 17.3 Å². The van der Waals surface area contributed by atoms with Gasteiger partial charge < -0.3 is 9.64 Å². The van der Waals surface area contributed by atoms with Gasteiger partial charge in [0.25, 0.3) is 0 Å². The molecule has 0 unspecified atom stereocenters. The molecule has 0 bridgehead atoms. The van der Waals surface area contributed by atoms with E-state index in [1.165, 1.54) is 0 Å². The van der Waals surface area contributed by atoms with Gasteiger partial charge in [-0.25, -0.2) is 0 Å². The first-order valence-electron chi connectivity index (χ1n) is 6.96. The van der Waals surface area contributed by atoms with Crippen LogP contribution in [0.5, 0.6) is 0 Å². The SMILES string of the molecule is O=C(CC(=O)c1nn[nH]n1)c1cccc(N2CCOCC2)c1. The molecule has 1 aliphatic heterocycles. The highest BCUT2D eigenvalue weighted by atomic mass is 16.5. The van der Waals surface area contributed by atoms with Crippen molar-refractivity contribution in [3.8, 4) is 0 Å². The van der Waals surface area contributed by atoms with Crippen LogP contribution in [0.1, 0.15) is 27.4 Å². The van der Waals surface area contributed by atoms with Crippen LogP contribution in [0.3, 0.4) is 0 Å². The van der Waals surface area contributed by atoms with E-state index in [0.29, 0.717) is 18.8 Å². The third-order valence-electron chi connectivity index (χ3n) is 3.46. The first-order chi connectivity index (χ1) is 10.7. The summed E-state index contributed by atoms with van der Waals surface area (Å²) in [6, 6.07) is 7.27. The molecule has 3 rings (SSSR count).